The van der Waals surface area contributed by atoms with Crippen LogP contribution in [0.4, 0.5) is 4.79 Å². The molecule has 0 aliphatic heterocycles. The van der Waals surface area contributed by atoms with Crippen molar-refractivity contribution < 1.29 is 14.4 Å². The van der Waals surface area contributed by atoms with Crippen molar-refractivity contribution in [1.29, 1.82) is 0 Å². The number of carbonyl (C=O) groups excluding carboxylic acids is 3. The highest BCUT2D eigenvalue weighted by Crippen LogP contribution is 2.40. The number of primary amides is 1. The maximum absolute atomic E-state index is 12.2. The van der Waals surface area contributed by atoms with Crippen LogP contribution in [0.25, 0.3) is 0 Å². The van der Waals surface area contributed by atoms with E-state index in [9.17, 15) is 14.4 Å². The molecule has 1 aromatic heterocycles. The number of imide groups is 1. The highest BCUT2D eigenvalue weighted by molar-refractivity contribution is 8.00. The van der Waals surface area contributed by atoms with E-state index < -0.39 is 23.1 Å². The molecule has 4 N–H and O–H groups in total. The van der Waals surface area contributed by atoms with Gasteiger partial charge in [-0.2, -0.15) is 0 Å². The molecule has 1 saturated carbocycles. The lowest BCUT2D eigenvalue weighted by Gasteiger charge is -2.13. The minimum absolute atomic E-state index is 0.184. The Morgan fingerprint density at radius 2 is 1.96 bits per heavy atom. The second-order valence-corrected chi connectivity index (χ2v) is 8.14. The van der Waals surface area contributed by atoms with Crippen molar-refractivity contribution in [3.8, 4) is 0 Å². The number of nitrogens with two attached hydrogens (primary N) is 1. The Labute approximate surface area is 156 Å². The molecule has 0 radical (unpaired) electrons. The van der Waals surface area contributed by atoms with Gasteiger partial charge in [0.1, 0.15) is 5.82 Å². The van der Waals surface area contributed by atoms with Gasteiger partial charge >= 0.3 is 6.03 Å². The largest absolute Gasteiger partial charge is 0.370 e. The summed E-state index contributed by atoms with van der Waals surface area (Å²) in [5, 5.41) is 13.3. The maximum atomic E-state index is 12.2. The molecule has 4 amide bonds. The molecule has 1 unspecified atom stereocenters. The zero-order valence-corrected chi connectivity index (χ0v) is 16.1. The van der Waals surface area contributed by atoms with E-state index in [0.717, 1.165) is 18.7 Å². The van der Waals surface area contributed by atoms with Gasteiger partial charge in [0.2, 0.25) is 11.8 Å². The second-order valence-electron chi connectivity index (χ2n) is 6.84. The third kappa shape index (κ3) is 6.01. The van der Waals surface area contributed by atoms with Crippen LogP contribution in [0.5, 0.6) is 0 Å². The van der Waals surface area contributed by atoms with Gasteiger partial charge in [0.25, 0.3) is 0 Å². The Morgan fingerprint density at radius 3 is 2.54 bits per heavy atom. The van der Waals surface area contributed by atoms with Gasteiger partial charge in [0, 0.05) is 25.4 Å². The van der Waals surface area contributed by atoms with Gasteiger partial charge in [0.15, 0.2) is 5.16 Å². The van der Waals surface area contributed by atoms with Crippen LogP contribution in [-0.2, 0) is 16.1 Å². The number of amides is 4. The van der Waals surface area contributed by atoms with Crippen LogP contribution in [0.3, 0.4) is 0 Å². The van der Waals surface area contributed by atoms with Crippen LogP contribution in [0.1, 0.15) is 51.8 Å². The molecule has 10 heteroatoms. The van der Waals surface area contributed by atoms with Crippen LogP contribution in [-0.4, -0.2) is 44.4 Å². The normalized spacial score (nSPS) is 14.9. The van der Waals surface area contributed by atoms with E-state index in [2.05, 4.69) is 20.8 Å². The molecule has 0 bridgehead atoms. The molecule has 0 saturated heterocycles. The summed E-state index contributed by atoms with van der Waals surface area (Å²) in [7, 11) is 0. The van der Waals surface area contributed by atoms with E-state index in [1.165, 1.54) is 11.8 Å². The van der Waals surface area contributed by atoms with Gasteiger partial charge in [-0.3, -0.25) is 14.9 Å². The number of nitrogens with zero attached hydrogens (tertiary/aromatic N) is 3. The predicted octanol–water partition coefficient (Wildman–Crippen LogP) is 0.993. The van der Waals surface area contributed by atoms with Crippen LogP contribution in [0.2, 0.25) is 0 Å². The molecule has 1 atom stereocenters. The first kappa shape index (κ1) is 20.2. The third-order valence-electron chi connectivity index (χ3n) is 3.83. The zero-order chi connectivity index (χ0) is 19.3. The van der Waals surface area contributed by atoms with Crippen molar-refractivity contribution in [3.63, 3.8) is 0 Å². The number of nitrogens with one attached hydrogen (secondary N) is 2. The number of aromatic nitrogens is 3. The van der Waals surface area contributed by atoms with Crippen molar-refractivity contribution >= 4 is 29.6 Å². The van der Waals surface area contributed by atoms with Crippen molar-refractivity contribution in [2.75, 3.05) is 6.54 Å². The fraction of sp³-hybridized carbons (Fsp3) is 0.688. The lowest BCUT2D eigenvalue weighted by atomic mass is 10.2. The van der Waals surface area contributed by atoms with Gasteiger partial charge in [0.05, 0.1) is 5.25 Å². The van der Waals surface area contributed by atoms with Gasteiger partial charge in [-0.05, 0) is 25.7 Å². The molecule has 144 valence electrons. The minimum Gasteiger partial charge on any atom is -0.370 e. The Hall–Kier alpha value is -2.10. The van der Waals surface area contributed by atoms with Gasteiger partial charge < -0.3 is 15.6 Å². The fourth-order valence-corrected chi connectivity index (χ4v) is 3.11. The highest BCUT2D eigenvalue weighted by atomic mass is 32.2. The minimum atomic E-state index is -0.539. The Balaban J connectivity index is 1.96. The summed E-state index contributed by atoms with van der Waals surface area (Å²) >= 11 is 1.21. The van der Waals surface area contributed by atoms with Crippen LogP contribution >= 0.6 is 11.8 Å². The van der Waals surface area contributed by atoms with E-state index in [0.29, 0.717) is 30.1 Å². The number of rotatable bonds is 9. The van der Waals surface area contributed by atoms with Crippen molar-refractivity contribution in [2.24, 2.45) is 11.7 Å². The summed E-state index contributed by atoms with van der Waals surface area (Å²) in [6.45, 7) is 6.51. The Bertz CT molecular complexity index is 671. The molecule has 9 nitrogen and oxygen atoms in total. The standard InChI is InChI=1S/C16H26N6O3S/c1-9(2)8-18-15(25)19-14(24)10(3)26-16-21-20-13(11-4-5-11)22(16)7-6-12(17)23/h9-11H,4-8H2,1-3H3,(H2,17,23)(H2,18,19,24,25). The number of hydrogen-bond donors (Lipinski definition) is 3. The van der Waals surface area contributed by atoms with Crippen LogP contribution in [0.15, 0.2) is 5.16 Å². The first-order valence-corrected chi connectivity index (χ1v) is 9.62. The Kier molecular flexibility index (Phi) is 7.01. The predicted molar refractivity (Wildman–Crippen MR) is 97.5 cm³/mol. The maximum Gasteiger partial charge on any atom is 0.321 e. The Morgan fingerprint density at radius 1 is 1.27 bits per heavy atom. The van der Waals surface area contributed by atoms with Gasteiger partial charge in [-0.1, -0.05) is 25.6 Å². The molecular weight excluding hydrogens is 356 g/mol. The SMILES string of the molecule is CC(C)CNC(=O)NC(=O)C(C)Sc1nnc(C2CC2)n1CCC(N)=O. The molecule has 0 aromatic carbocycles. The molecule has 1 aliphatic carbocycles. The molecule has 0 spiro atoms. The summed E-state index contributed by atoms with van der Waals surface area (Å²) in [6.07, 6.45) is 2.28. The lowest BCUT2D eigenvalue weighted by Crippen LogP contribution is -2.43. The molecular formula is C16H26N6O3S. The topological polar surface area (TPSA) is 132 Å². The van der Waals surface area contributed by atoms with E-state index in [1.807, 2.05) is 18.4 Å². The van der Waals surface area contributed by atoms with E-state index in [-0.39, 0.29) is 6.42 Å². The summed E-state index contributed by atoms with van der Waals surface area (Å²) in [6, 6.07) is -0.509. The number of urea groups is 1. The fourth-order valence-electron chi connectivity index (χ4n) is 2.23. The van der Waals surface area contributed by atoms with E-state index >= 15 is 0 Å². The summed E-state index contributed by atoms with van der Waals surface area (Å²) in [5.74, 6) is 0.677. The van der Waals surface area contributed by atoms with Crippen molar-refractivity contribution in [2.45, 2.75) is 62.9 Å². The highest BCUT2D eigenvalue weighted by Gasteiger charge is 2.31. The number of thioether (sulfide) groups is 1. The first-order chi connectivity index (χ1) is 12.3. The number of carbonyl (C=O) groups is 3. The average Bonchev–Trinajstić information content (AvgIpc) is 3.33. The van der Waals surface area contributed by atoms with Crippen LogP contribution < -0.4 is 16.4 Å². The number of hydrogen-bond acceptors (Lipinski definition) is 6. The first-order valence-electron chi connectivity index (χ1n) is 8.74. The quantitative estimate of drug-likeness (QED) is 0.546. The molecule has 1 heterocycles. The van der Waals surface area contributed by atoms with Crippen molar-refractivity contribution in [3.05, 3.63) is 5.82 Å². The second kappa shape index (κ2) is 9.02. The summed E-state index contributed by atoms with van der Waals surface area (Å²) < 4.78 is 1.86. The third-order valence-corrected chi connectivity index (χ3v) is 4.91. The molecule has 2 rings (SSSR count). The zero-order valence-electron chi connectivity index (χ0n) is 15.3. The monoisotopic (exact) mass is 382 g/mol. The van der Waals surface area contributed by atoms with Crippen molar-refractivity contribution in [1.82, 2.24) is 25.4 Å². The molecule has 1 fully saturated rings. The van der Waals surface area contributed by atoms with E-state index in [1.54, 1.807) is 6.92 Å². The van der Waals surface area contributed by atoms with Gasteiger partial charge in [-0.25, -0.2) is 4.79 Å². The lowest BCUT2D eigenvalue weighted by molar-refractivity contribution is -0.119. The van der Waals surface area contributed by atoms with Crippen LogP contribution in [0, 0.1) is 5.92 Å². The van der Waals surface area contributed by atoms with E-state index in [4.69, 9.17) is 5.73 Å². The molecule has 26 heavy (non-hydrogen) atoms. The summed E-state index contributed by atoms with van der Waals surface area (Å²) in [4.78, 5) is 35.0. The molecule has 1 aliphatic rings. The smallest absolute Gasteiger partial charge is 0.321 e. The summed E-state index contributed by atoms with van der Waals surface area (Å²) in [5.41, 5.74) is 5.25. The molecule has 1 aromatic rings. The average molecular weight is 382 g/mol. The van der Waals surface area contributed by atoms with Gasteiger partial charge in [-0.15, -0.1) is 10.2 Å².